The molecular formula is C13H12N2O3S. The van der Waals surface area contributed by atoms with Crippen LogP contribution in [0.25, 0.3) is 5.57 Å². The van der Waals surface area contributed by atoms with E-state index in [1.54, 1.807) is 0 Å². The van der Waals surface area contributed by atoms with Crippen LogP contribution in [0.5, 0.6) is 0 Å². The highest BCUT2D eigenvalue weighted by molar-refractivity contribution is 7.90. The minimum atomic E-state index is -3.21. The summed E-state index contributed by atoms with van der Waals surface area (Å²) in [7, 11) is -3.21. The van der Waals surface area contributed by atoms with Crippen LogP contribution in [0.1, 0.15) is 23.5 Å². The van der Waals surface area contributed by atoms with Crippen LogP contribution in [0.2, 0.25) is 0 Å². The SMILES string of the molecule is O=c1[nH]c(C2=CCC=CC=C2)nc2c1CS(=O)(=O)C2. The molecule has 1 aromatic rings. The Morgan fingerprint density at radius 1 is 1.21 bits per heavy atom. The van der Waals surface area contributed by atoms with Gasteiger partial charge in [-0.2, -0.15) is 0 Å². The molecule has 98 valence electrons. The topological polar surface area (TPSA) is 79.9 Å². The number of hydrogen-bond acceptors (Lipinski definition) is 4. The highest BCUT2D eigenvalue weighted by atomic mass is 32.2. The third-order valence-electron chi connectivity index (χ3n) is 3.09. The summed E-state index contributed by atoms with van der Waals surface area (Å²) in [5, 5.41) is 0. The van der Waals surface area contributed by atoms with E-state index < -0.39 is 9.84 Å². The lowest BCUT2D eigenvalue weighted by atomic mass is 10.2. The average Bonchev–Trinajstić information content (AvgIpc) is 2.54. The molecule has 2 aliphatic rings. The van der Waals surface area contributed by atoms with Gasteiger partial charge in [0.1, 0.15) is 5.82 Å². The van der Waals surface area contributed by atoms with Crippen molar-refractivity contribution in [3.8, 4) is 0 Å². The van der Waals surface area contributed by atoms with E-state index in [0.717, 1.165) is 12.0 Å². The van der Waals surface area contributed by atoms with E-state index in [-0.39, 0.29) is 22.6 Å². The number of fused-ring (bicyclic) bond motifs is 1. The number of aromatic nitrogens is 2. The Hall–Kier alpha value is -1.95. The first kappa shape index (κ1) is 12.1. The van der Waals surface area contributed by atoms with Gasteiger partial charge in [-0.25, -0.2) is 13.4 Å². The Balaban J connectivity index is 2.10. The summed E-state index contributed by atoms with van der Waals surface area (Å²) in [6.45, 7) is 0. The lowest BCUT2D eigenvalue weighted by molar-refractivity contribution is 0.597. The first-order valence-corrected chi connectivity index (χ1v) is 7.73. The van der Waals surface area contributed by atoms with E-state index in [4.69, 9.17) is 0 Å². The van der Waals surface area contributed by atoms with Gasteiger partial charge in [0.2, 0.25) is 0 Å². The van der Waals surface area contributed by atoms with Gasteiger partial charge in [0.25, 0.3) is 5.56 Å². The van der Waals surface area contributed by atoms with Gasteiger partial charge in [0.05, 0.1) is 22.8 Å². The van der Waals surface area contributed by atoms with Crippen molar-refractivity contribution >= 4 is 15.4 Å². The minimum Gasteiger partial charge on any atom is -0.306 e. The molecular weight excluding hydrogens is 264 g/mol. The van der Waals surface area contributed by atoms with Gasteiger partial charge in [-0.15, -0.1) is 0 Å². The molecule has 3 rings (SSSR count). The number of sulfone groups is 1. The predicted octanol–water partition coefficient (Wildman–Crippen LogP) is 1.10. The molecule has 0 saturated heterocycles. The van der Waals surface area contributed by atoms with Gasteiger partial charge in [-0.05, 0) is 6.42 Å². The van der Waals surface area contributed by atoms with E-state index in [2.05, 4.69) is 9.97 Å². The van der Waals surface area contributed by atoms with Crippen LogP contribution < -0.4 is 5.56 Å². The largest absolute Gasteiger partial charge is 0.306 e. The molecule has 0 amide bonds. The molecule has 5 nitrogen and oxygen atoms in total. The molecule has 1 aliphatic carbocycles. The van der Waals surface area contributed by atoms with Crippen molar-refractivity contribution < 1.29 is 8.42 Å². The number of nitrogens with one attached hydrogen (secondary N) is 1. The van der Waals surface area contributed by atoms with Crippen LogP contribution in [-0.4, -0.2) is 18.4 Å². The normalized spacial score (nSPS) is 19.9. The highest BCUT2D eigenvalue weighted by Gasteiger charge is 2.29. The average molecular weight is 276 g/mol. The molecule has 2 heterocycles. The van der Waals surface area contributed by atoms with Crippen molar-refractivity contribution in [3.63, 3.8) is 0 Å². The molecule has 0 bridgehead atoms. The number of hydrogen-bond donors (Lipinski definition) is 1. The Bertz CT molecular complexity index is 783. The quantitative estimate of drug-likeness (QED) is 0.833. The maximum absolute atomic E-state index is 11.9. The molecule has 0 fully saturated rings. The van der Waals surface area contributed by atoms with Gasteiger partial charge < -0.3 is 4.98 Å². The number of H-pyrrole nitrogens is 1. The van der Waals surface area contributed by atoms with Crippen molar-refractivity contribution in [2.45, 2.75) is 17.9 Å². The fourth-order valence-corrected chi connectivity index (χ4v) is 3.68. The third kappa shape index (κ3) is 2.31. The maximum atomic E-state index is 11.9. The third-order valence-corrected chi connectivity index (χ3v) is 4.53. The molecule has 0 atom stereocenters. The summed E-state index contributed by atoms with van der Waals surface area (Å²) < 4.78 is 23.1. The summed E-state index contributed by atoms with van der Waals surface area (Å²) in [5.41, 5.74) is 1.10. The second-order valence-electron chi connectivity index (χ2n) is 4.55. The van der Waals surface area contributed by atoms with Crippen LogP contribution in [0.3, 0.4) is 0 Å². The van der Waals surface area contributed by atoms with Crippen molar-refractivity contribution in [2.75, 3.05) is 0 Å². The van der Waals surface area contributed by atoms with Gasteiger partial charge in [-0.1, -0.05) is 30.4 Å². The molecule has 6 heteroatoms. The zero-order valence-corrected chi connectivity index (χ0v) is 10.9. The minimum absolute atomic E-state index is 0.144. The van der Waals surface area contributed by atoms with Crippen molar-refractivity contribution in [3.05, 3.63) is 57.8 Å². The van der Waals surface area contributed by atoms with Gasteiger partial charge in [0, 0.05) is 5.57 Å². The summed E-state index contributed by atoms with van der Waals surface area (Å²) in [6, 6.07) is 0. The van der Waals surface area contributed by atoms with Crippen molar-refractivity contribution in [1.82, 2.24) is 9.97 Å². The monoisotopic (exact) mass is 276 g/mol. The molecule has 0 spiro atoms. The molecule has 19 heavy (non-hydrogen) atoms. The van der Waals surface area contributed by atoms with Crippen LogP contribution in [0.15, 0.2) is 35.2 Å². The first-order chi connectivity index (χ1) is 9.05. The van der Waals surface area contributed by atoms with Crippen LogP contribution in [-0.2, 0) is 21.3 Å². The number of aromatic amines is 1. The van der Waals surface area contributed by atoms with Crippen molar-refractivity contribution in [2.24, 2.45) is 0 Å². The Labute approximate surface area is 110 Å². The van der Waals surface area contributed by atoms with Crippen LogP contribution in [0.4, 0.5) is 0 Å². The van der Waals surface area contributed by atoms with E-state index in [1.807, 2.05) is 30.4 Å². The summed E-state index contributed by atoms with van der Waals surface area (Å²) in [6.07, 6.45) is 10.3. The van der Waals surface area contributed by atoms with E-state index in [1.165, 1.54) is 0 Å². The molecule has 0 unspecified atom stereocenters. The van der Waals surface area contributed by atoms with E-state index in [9.17, 15) is 13.2 Å². The zero-order valence-electron chi connectivity index (χ0n) is 10.1. The highest BCUT2D eigenvalue weighted by Crippen LogP contribution is 2.22. The fourth-order valence-electron chi connectivity index (χ4n) is 2.18. The number of nitrogens with zero attached hydrogens (tertiary/aromatic N) is 1. The van der Waals surface area contributed by atoms with Crippen LogP contribution in [0, 0.1) is 0 Å². The maximum Gasteiger partial charge on any atom is 0.255 e. The number of allylic oxidation sites excluding steroid dienone is 6. The molecule has 0 aromatic carbocycles. The Morgan fingerprint density at radius 3 is 2.89 bits per heavy atom. The second kappa shape index (κ2) is 4.31. The smallest absolute Gasteiger partial charge is 0.255 e. The molecule has 1 aromatic heterocycles. The first-order valence-electron chi connectivity index (χ1n) is 5.91. The molecule has 1 aliphatic heterocycles. The summed E-state index contributed by atoms with van der Waals surface area (Å²) in [4.78, 5) is 18.9. The van der Waals surface area contributed by atoms with Gasteiger partial charge >= 0.3 is 0 Å². The summed E-state index contributed by atoms with van der Waals surface area (Å²) in [5.74, 6) is 0.0800. The van der Waals surface area contributed by atoms with Gasteiger partial charge in [-0.3, -0.25) is 4.79 Å². The molecule has 1 N–H and O–H groups in total. The van der Waals surface area contributed by atoms with Crippen molar-refractivity contribution in [1.29, 1.82) is 0 Å². The van der Waals surface area contributed by atoms with E-state index in [0.29, 0.717) is 11.5 Å². The molecule has 0 radical (unpaired) electrons. The number of rotatable bonds is 1. The lowest BCUT2D eigenvalue weighted by Crippen LogP contribution is -2.16. The lowest BCUT2D eigenvalue weighted by Gasteiger charge is -2.03. The van der Waals surface area contributed by atoms with Crippen LogP contribution >= 0.6 is 0 Å². The molecule has 0 saturated carbocycles. The summed E-state index contributed by atoms with van der Waals surface area (Å²) >= 11 is 0. The predicted molar refractivity (Wildman–Crippen MR) is 72.1 cm³/mol. The fraction of sp³-hybridized carbons (Fsp3) is 0.231. The second-order valence-corrected chi connectivity index (χ2v) is 6.62. The Kier molecular flexibility index (Phi) is 2.74. The van der Waals surface area contributed by atoms with E-state index >= 15 is 0 Å². The van der Waals surface area contributed by atoms with Gasteiger partial charge in [0.15, 0.2) is 9.84 Å². The Morgan fingerprint density at radius 2 is 2.05 bits per heavy atom. The standard InChI is InChI=1S/C13H12N2O3S/c16-13-10-7-19(17,18)8-11(10)14-12(15-13)9-5-3-1-2-4-6-9/h1-3,5-6H,4,7-8H2,(H,14,15,16). The zero-order chi connectivity index (χ0) is 13.5.